The van der Waals surface area contributed by atoms with Crippen molar-refractivity contribution in [3.05, 3.63) is 59.4 Å². The molecule has 2 aliphatic rings. The van der Waals surface area contributed by atoms with Crippen molar-refractivity contribution < 1.29 is 27.8 Å². The van der Waals surface area contributed by atoms with Gasteiger partial charge in [0.25, 0.3) is 0 Å². The van der Waals surface area contributed by atoms with Crippen molar-refractivity contribution in [2.24, 2.45) is 5.92 Å². The largest absolute Gasteiger partial charge is 0.483 e. The van der Waals surface area contributed by atoms with Crippen LogP contribution in [0.3, 0.4) is 0 Å². The lowest BCUT2D eigenvalue weighted by atomic mass is 10.0. The molecular weight excluding hydrogens is 447 g/mol. The number of alkyl halides is 3. The maximum atomic E-state index is 12.9. The number of carbonyl (C=O) groups excluding carboxylic acids is 1. The van der Waals surface area contributed by atoms with E-state index in [1.54, 1.807) is 0 Å². The molecule has 1 saturated heterocycles. The Morgan fingerprint density at radius 3 is 2.41 bits per heavy atom. The summed E-state index contributed by atoms with van der Waals surface area (Å²) in [7, 11) is 0. The van der Waals surface area contributed by atoms with Crippen LogP contribution in [0.2, 0.25) is 0 Å². The molecule has 2 N–H and O–H groups in total. The van der Waals surface area contributed by atoms with Crippen molar-refractivity contribution in [3.63, 3.8) is 0 Å². The first-order chi connectivity index (χ1) is 16.3. The van der Waals surface area contributed by atoms with E-state index in [4.69, 9.17) is 4.74 Å². The lowest BCUT2D eigenvalue weighted by Gasteiger charge is -2.28. The van der Waals surface area contributed by atoms with Gasteiger partial charge in [-0.1, -0.05) is 24.3 Å². The zero-order valence-electron chi connectivity index (χ0n) is 18.9. The summed E-state index contributed by atoms with van der Waals surface area (Å²) < 4.78 is 41.8. The lowest BCUT2D eigenvalue weighted by molar-refractivity contribution is -0.153. The monoisotopic (exact) mass is 477 g/mol. The van der Waals surface area contributed by atoms with E-state index in [0.29, 0.717) is 13.0 Å². The number of hydrogen-bond donors (Lipinski definition) is 2. The molecule has 1 aliphatic carbocycles. The molecule has 0 saturated carbocycles. The van der Waals surface area contributed by atoms with E-state index < -0.39 is 24.9 Å². The predicted molar refractivity (Wildman–Crippen MR) is 120 cm³/mol. The number of aliphatic hydroxyl groups excluding tert-OH is 1. The van der Waals surface area contributed by atoms with Gasteiger partial charge in [-0.3, -0.25) is 9.78 Å². The third-order valence-corrected chi connectivity index (χ3v) is 6.46. The van der Waals surface area contributed by atoms with Crippen LogP contribution in [-0.4, -0.2) is 59.4 Å². The van der Waals surface area contributed by atoms with E-state index in [0.717, 1.165) is 45.0 Å². The third-order valence-electron chi connectivity index (χ3n) is 6.46. The van der Waals surface area contributed by atoms with Crippen LogP contribution in [0.15, 0.2) is 42.6 Å². The minimum atomic E-state index is -4.44. The fraction of sp³-hybridized carbons (Fsp3) is 0.520. The average Bonchev–Trinajstić information content (AvgIpc) is 3.45. The lowest BCUT2D eigenvalue weighted by Crippen LogP contribution is -2.47. The second-order valence-electron chi connectivity index (χ2n) is 9.20. The Labute approximate surface area is 197 Å². The molecule has 1 fully saturated rings. The van der Waals surface area contributed by atoms with Crippen LogP contribution >= 0.6 is 0 Å². The number of nitrogens with zero attached hydrogens (tertiary/aromatic N) is 2. The van der Waals surface area contributed by atoms with Crippen LogP contribution in [0.5, 0.6) is 5.75 Å². The summed E-state index contributed by atoms with van der Waals surface area (Å²) in [4.78, 5) is 19.2. The summed E-state index contributed by atoms with van der Waals surface area (Å²) in [5.41, 5.74) is 2.84. The smallest absolute Gasteiger partial charge is 0.422 e. The van der Waals surface area contributed by atoms with Crippen molar-refractivity contribution in [1.29, 1.82) is 0 Å². The van der Waals surface area contributed by atoms with Gasteiger partial charge in [0.1, 0.15) is 11.9 Å². The van der Waals surface area contributed by atoms with Crippen LogP contribution < -0.4 is 10.1 Å². The maximum Gasteiger partial charge on any atom is 0.422 e. The standard InChI is InChI=1S/C25H30F3N3O3/c26-25(27,28)16-34-20-7-8-21(29-14-20)24(33)22(15-31-9-3-4-10-31)30-23(32)13-17-11-18-5-1-2-6-19(18)12-17/h1-2,5-8,14,17,22,24,33H,3-4,9-13,15-16H2,(H,30,32)/t22-,24?/m1/s1. The van der Waals surface area contributed by atoms with Gasteiger partial charge in [-0.25, -0.2) is 0 Å². The number of benzene rings is 1. The van der Waals surface area contributed by atoms with Crippen molar-refractivity contribution in [1.82, 2.24) is 15.2 Å². The second kappa shape index (κ2) is 10.7. The molecule has 184 valence electrons. The highest BCUT2D eigenvalue weighted by Crippen LogP contribution is 2.29. The van der Waals surface area contributed by atoms with Gasteiger partial charge in [-0.2, -0.15) is 13.2 Å². The number of aliphatic hydroxyl groups is 1. The first-order valence-corrected chi connectivity index (χ1v) is 11.7. The summed E-state index contributed by atoms with van der Waals surface area (Å²) >= 11 is 0. The molecule has 1 amide bonds. The van der Waals surface area contributed by atoms with Crippen molar-refractivity contribution in [2.45, 2.75) is 50.4 Å². The molecule has 2 aromatic rings. The first kappa shape index (κ1) is 24.5. The highest BCUT2D eigenvalue weighted by atomic mass is 19.4. The molecule has 6 nitrogen and oxygen atoms in total. The zero-order valence-corrected chi connectivity index (χ0v) is 18.9. The SMILES string of the molecule is O=C(CC1Cc2ccccc2C1)N[C@H](CN1CCCC1)C(O)c1ccc(OCC(F)(F)F)cn1. The Morgan fingerprint density at radius 2 is 1.82 bits per heavy atom. The Bertz CT molecular complexity index is 937. The second-order valence-corrected chi connectivity index (χ2v) is 9.20. The quantitative estimate of drug-likeness (QED) is 0.579. The Kier molecular flexibility index (Phi) is 7.73. The van der Waals surface area contributed by atoms with Gasteiger partial charge < -0.3 is 20.1 Å². The molecule has 34 heavy (non-hydrogen) atoms. The Hall–Kier alpha value is -2.65. The summed E-state index contributed by atoms with van der Waals surface area (Å²) in [6, 6.07) is 10.4. The zero-order chi connectivity index (χ0) is 24.1. The Balaban J connectivity index is 1.38. The van der Waals surface area contributed by atoms with Gasteiger partial charge in [-0.05, 0) is 68.0 Å². The predicted octanol–water partition coefficient (Wildman–Crippen LogP) is 3.44. The molecule has 4 rings (SSSR count). The third kappa shape index (κ3) is 6.70. The topological polar surface area (TPSA) is 74.7 Å². The Morgan fingerprint density at radius 1 is 1.15 bits per heavy atom. The molecule has 1 unspecified atom stereocenters. The highest BCUT2D eigenvalue weighted by Gasteiger charge is 2.30. The molecule has 0 spiro atoms. The fourth-order valence-corrected chi connectivity index (χ4v) is 4.81. The summed E-state index contributed by atoms with van der Waals surface area (Å²) in [5, 5.41) is 14.0. The first-order valence-electron chi connectivity index (χ1n) is 11.7. The fourth-order valence-electron chi connectivity index (χ4n) is 4.81. The molecule has 1 aromatic carbocycles. The molecule has 0 bridgehead atoms. The highest BCUT2D eigenvalue weighted by molar-refractivity contribution is 5.77. The number of fused-ring (bicyclic) bond motifs is 1. The summed E-state index contributed by atoms with van der Waals surface area (Å²) in [6.45, 7) is 0.865. The van der Waals surface area contributed by atoms with Crippen LogP contribution in [0, 0.1) is 5.92 Å². The van der Waals surface area contributed by atoms with E-state index in [1.807, 2.05) is 12.1 Å². The number of halogens is 3. The number of amides is 1. The van der Waals surface area contributed by atoms with E-state index in [-0.39, 0.29) is 23.3 Å². The number of carbonyl (C=O) groups is 1. The van der Waals surface area contributed by atoms with E-state index in [1.165, 1.54) is 23.3 Å². The molecule has 1 aromatic heterocycles. The van der Waals surface area contributed by atoms with E-state index in [2.05, 4.69) is 27.3 Å². The van der Waals surface area contributed by atoms with Gasteiger partial charge in [-0.15, -0.1) is 0 Å². The van der Waals surface area contributed by atoms with Crippen molar-refractivity contribution in [3.8, 4) is 5.75 Å². The maximum absolute atomic E-state index is 12.9. The summed E-state index contributed by atoms with van der Waals surface area (Å²) in [5.74, 6) is 0.0746. The van der Waals surface area contributed by atoms with Crippen LogP contribution in [-0.2, 0) is 17.6 Å². The number of rotatable bonds is 9. The number of hydrogen-bond acceptors (Lipinski definition) is 5. The number of ether oxygens (including phenoxy) is 1. The van der Waals surface area contributed by atoms with E-state index in [9.17, 15) is 23.1 Å². The molecule has 2 atom stereocenters. The number of likely N-dealkylation sites (tertiary alicyclic amines) is 1. The van der Waals surface area contributed by atoms with Crippen LogP contribution in [0.4, 0.5) is 13.2 Å². The number of pyridine rings is 1. The van der Waals surface area contributed by atoms with Gasteiger partial charge in [0.2, 0.25) is 5.91 Å². The van der Waals surface area contributed by atoms with Crippen LogP contribution in [0.1, 0.15) is 42.2 Å². The molecular formula is C25H30F3N3O3. The van der Waals surface area contributed by atoms with Gasteiger partial charge in [0, 0.05) is 13.0 Å². The number of nitrogens with one attached hydrogen (secondary N) is 1. The molecule has 0 radical (unpaired) electrons. The van der Waals surface area contributed by atoms with E-state index >= 15 is 0 Å². The van der Waals surface area contributed by atoms with Gasteiger partial charge in [0.15, 0.2) is 6.61 Å². The average molecular weight is 478 g/mol. The number of aromatic nitrogens is 1. The van der Waals surface area contributed by atoms with Crippen LogP contribution in [0.25, 0.3) is 0 Å². The molecule has 1 aliphatic heterocycles. The molecule has 2 heterocycles. The van der Waals surface area contributed by atoms with Crippen molar-refractivity contribution in [2.75, 3.05) is 26.2 Å². The minimum Gasteiger partial charge on any atom is -0.483 e. The van der Waals surface area contributed by atoms with Gasteiger partial charge in [0.05, 0.1) is 17.9 Å². The van der Waals surface area contributed by atoms with Crippen molar-refractivity contribution >= 4 is 5.91 Å². The minimum absolute atomic E-state index is 0.0331. The normalized spacial score (nSPS) is 18.5. The van der Waals surface area contributed by atoms with Gasteiger partial charge >= 0.3 is 6.18 Å². The summed E-state index contributed by atoms with van der Waals surface area (Å²) in [6.07, 6.45) is -0.134. The molecule has 9 heteroatoms.